The van der Waals surface area contributed by atoms with Crippen LogP contribution in [-0.2, 0) is 25.6 Å². The summed E-state index contributed by atoms with van der Waals surface area (Å²) >= 11 is 0. The minimum atomic E-state index is -1.04. The highest BCUT2D eigenvalue weighted by atomic mass is 16.4. The van der Waals surface area contributed by atoms with E-state index < -0.39 is 46.9 Å². The van der Waals surface area contributed by atoms with Crippen molar-refractivity contribution >= 4 is 40.7 Å². The Morgan fingerprint density at radius 1 is 1.09 bits per heavy atom. The number of pyridine rings is 1. The molecule has 1 aliphatic heterocycles. The van der Waals surface area contributed by atoms with Gasteiger partial charge in [-0.2, -0.15) is 0 Å². The number of aryl methyl sites for hydroxylation is 1. The van der Waals surface area contributed by atoms with Crippen molar-refractivity contribution in [1.29, 1.82) is 0 Å². The Balaban J connectivity index is 1.51. The second kappa shape index (κ2) is 14.1. The highest BCUT2D eigenvalue weighted by Gasteiger charge is 2.44. The number of fused-ring (bicyclic) bond motifs is 1. The maximum absolute atomic E-state index is 14.1. The molecule has 1 aliphatic carbocycles. The SMILES string of the molecule is CCc1ccc2ccc(/C=C/[C@]3(C(=O)N[C@H](C(=O)N[C@@H](C)C(=O)N4CCC[C@@H](C(=O)O)N4)C(C)C)CC[C@](C)(O)CC3)cc2n1. The molecule has 1 saturated carbocycles. The van der Waals surface area contributed by atoms with Crippen LogP contribution in [0.4, 0.5) is 0 Å². The van der Waals surface area contributed by atoms with E-state index >= 15 is 0 Å². The molecular weight excluding hydrogens is 574 g/mol. The maximum atomic E-state index is 14.1. The average molecular weight is 622 g/mol. The molecule has 1 aromatic heterocycles. The van der Waals surface area contributed by atoms with Crippen molar-refractivity contribution in [1.82, 2.24) is 26.1 Å². The second-order valence-corrected chi connectivity index (χ2v) is 13.2. The minimum absolute atomic E-state index is 0.284. The van der Waals surface area contributed by atoms with Gasteiger partial charge in [0.1, 0.15) is 18.1 Å². The number of aliphatic hydroxyl groups is 1. The molecule has 2 aromatic rings. The maximum Gasteiger partial charge on any atom is 0.322 e. The van der Waals surface area contributed by atoms with Gasteiger partial charge in [0.2, 0.25) is 11.8 Å². The third kappa shape index (κ3) is 8.26. The summed E-state index contributed by atoms with van der Waals surface area (Å²) in [4.78, 5) is 56.7. The number of amides is 3. The predicted octanol–water partition coefficient (Wildman–Crippen LogP) is 3.35. The number of carboxylic acids is 1. The zero-order chi connectivity index (χ0) is 32.9. The van der Waals surface area contributed by atoms with Crippen LogP contribution in [0.15, 0.2) is 36.4 Å². The van der Waals surface area contributed by atoms with Crippen LogP contribution in [0.2, 0.25) is 0 Å². The molecule has 5 N–H and O–H groups in total. The van der Waals surface area contributed by atoms with Gasteiger partial charge in [0, 0.05) is 17.6 Å². The van der Waals surface area contributed by atoms with E-state index in [1.54, 1.807) is 13.8 Å². The van der Waals surface area contributed by atoms with E-state index in [4.69, 9.17) is 4.98 Å². The molecule has 45 heavy (non-hydrogen) atoms. The van der Waals surface area contributed by atoms with E-state index in [0.29, 0.717) is 45.1 Å². The van der Waals surface area contributed by atoms with Crippen molar-refractivity contribution < 1.29 is 29.4 Å². The quantitative estimate of drug-likeness (QED) is 0.270. The number of nitrogens with zero attached hydrogens (tertiary/aromatic N) is 2. The molecule has 2 fully saturated rings. The summed E-state index contributed by atoms with van der Waals surface area (Å²) in [6, 6.07) is 7.32. The summed E-state index contributed by atoms with van der Waals surface area (Å²) in [5.41, 5.74) is 3.66. The van der Waals surface area contributed by atoms with Gasteiger partial charge in [-0.1, -0.05) is 51.1 Å². The lowest BCUT2D eigenvalue weighted by molar-refractivity contribution is -0.148. The lowest BCUT2D eigenvalue weighted by Crippen LogP contribution is -2.61. The molecule has 0 bridgehead atoms. The number of carbonyl (C=O) groups excluding carboxylic acids is 3. The number of carboxylic acid groups (broad SMARTS) is 1. The van der Waals surface area contributed by atoms with Crippen LogP contribution >= 0.6 is 0 Å². The van der Waals surface area contributed by atoms with Crippen molar-refractivity contribution in [3.8, 4) is 0 Å². The minimum Gasteiger partial charge on any atom is -0.480 e. The third-order valence-corrected chi connectivity index (χ3v) is 9.12. The molecule has 2 aliphatic rings. The Morgan fingerprint density at radius 3 is 2.42 bits per heavy atom. The average Bonchev–Trinajstić information content (AvgIpc) is 3.02. The number of aliphatic carboxylic acids is 1. The predicted molar refractivity (Wildman–Crippen MR) is 172 cm³/mol. The fraction of sp³-hybridized carbons (Fsp3) is 0.559. The van der Waals surface area contributed by atoms with Crippen molar-refractivity contribution in [2.24, 2.45) is 11.3 Å². The molecule has 1 aromatic carbocycles. The molecule has 0 radical (unpaired) electrons. The summed E-state index contributed by atoms with van der Waals surface area (Å²) in [7, 11) is 0. The first kappa shape index (κ1) is 34.1. The number of hydrogen-bond acceptors (Lipinski definition) is 7. The van der Waals surface area contributed by atoms with Crippen molar-refractivity contribution in [2.75, 3.05) is 6.54 Å². The number of hydrazine groups is 1. The summed E-state index contributed by atoms with van der Waals surface area (Å²) in [6.07, 6.45) is 7.23. The van der Waals surface area contributed by atoms with E-state index in [2.05, 4.69) is 23.0 Å². The molecule has 11 heteroatoms. The molecule has 0 spiro atoms. The molecule has 3 amide bonds. The van der Waals surface area contributed by atoms with Crippen LogP contribution in [-0.4, -0.2) is 74.2 Å². The van der Waals surface area contributed by atoms with Crippen LogP contribution in [0.3, 0.4) is 0 Å². The Hall–Kier alpha value is -3.83. The van der Waals surface area contributed by atoms with Crippen molar-refractivity contribution in [3.05, 3.63) is 47.7 Å². The van der Waals surface area contributed by atoms with Crippen LogP contribution in [0.25, 0.3) is 17.0 Å². The van der Waals surface area contributed by atoms with Crippen LogP contribution in [0.5, 0.6) is 0 Å². The zero-order valence-electron chi connectivity index (χ0n) is 26.9. The third-order valence-electron chi connectivity index (χ3n) is 9.12. The van der Waals surface area contributed by atoms with Crippen LogP contribution < -0.4 is 16.1 Å². The van der Waals surface area contributed by atoms with E-state index in [1.807, 2.05) is 56.3 Å². The molecule has 1 saturated heterocycles. The topological polar surface area (TPSA) is 161 Å². The van der Waals surface area contributed by atoms with Crippen molar-refractivity contribution in [3.63, 3.8) is 0 Å². The van der Waals surface area contributed by atoms with E-state index in [1.165, 1.54) is 5.01 Å². The second-order valence-electron chi connectivity index (χ2n) is 13.2. The van der Waals surface area contributed by atoms with Crippen LogP contribution in [0.1, 0.15) is 84.4 Å². The lowest BCUT2D eigenvalue weighted by atomic mass is 9.68. The molecular formula is C34H47N5O6. The first-order chi connectivity index (χ1) is 21.2. The number of nitrogens with one attached hydrogen (secondary N) is 3. The number of carbonyl (C=O) groups is 4. The van der Waals surface area contributed by atoms with Gasteiger partial charge in [0.25, 0.3) is 5.91 Å². The van der Waals surface area contributed by atoms with Gasteiger partial charge in [-0.15, -0.1) is 0 Å². The fourth-order valence-corrected chi connectivity index (χ4v) is 5.98. The Kier molecular flexibility index (Phi) is 10.7. The van der Waals surface area contributed by atoms with Gasteiger partial charge in [0.15, 0.2) is 0 Å². The highest BCUT2D eigenvalue weighted by Crippen LogP contribution is 2.43. The summed E-state index contributed by atoms with van der Waals surface area (Å²) in [5, 5.41) is 28.0. The van der Waals surface area contributed by atoms with Crippen molar-refractivity contribution in [2.45, 2.75) is 103 Å². The lowest BCUT2D eigenvalue weighted by Gasteiger charge is -2.41. The molecule has 3 atom stereocenters. The first-order valence-electron chi connectivity index (χ1n) is 16.0. The number of benzene rings is 1. The Bertz CT molecular complexity index is 1440. The standard InChI is InChI=1S/C34H47N5O6/c1-6-25-12-11-24-10-9-23(20-27(24)36-25)13-14-34(17-15-33(5,45)16-18-34)32(44)37-28(21(2)3)29(40)35-22(4)30(41)39-19-7-8-26(38-39)31(42)43/h9-14,20-22,26,28,38,45H,6-8,15-19H2,1-5H3,(H,35,40)(H,37,44)(H,42,43)/b14-13+/t22-,26-,28-,33-,34-/m0/s1. The van der Waals surface area contributed by atoms with Gasteiger partial charge < -0.3 is 20.8 Å². The molecule has 2 heterocycles. The molecule has 4 rings (SSSR count). The van der Waals surface area contributed by atoms with Gasteiger partial charge in [-0.05, 0) is 82.4 Å². The molecule has 244 valence electrons. The van der Waals surface area contributed by atoms with Crippen LogP contribution in [0, 0.1) is 11.3 Å². The summed E-state index contributed by atoms with van der Waals surface area (Å²) in [6.45, 7) is 9.35. The van der Waals surface area contributed by atoms with E-state index in [0.717, 1.165) is 28.6 Å². The van der Waals surface area contributed by atoms with Gasteiger partial charge in [-0.3, -0.25) is 29.2 Å². The van der Waals surface area contributed by atoms with Gasteiger partial charge in [0.05, 0.1) is 16.5 Å². The first-order valence-corrected chi connectivity index (χ1v) is 16.0. The Morgan fingerprint density at radius 2 is 1.78 bits per heavy atom. The van der Waals surface area contributed by atoms with E-state index in [9.17, 15) is 29.4 Å². The molecule has 0 unspecified atom stereocenters. The summed E-state index contributed by atoms with van der Waals surface area (Å²) in [5.74, 6) is -2.58. The Labute approximate surface area is 264 Å². The number of aromatic nitrogens is 1. The number of hydrogen-bond donors (Lipinski definition) is 5. The smallest absolute Gasteiger partial charge is 0.322 e. The fourth-order valence-electron chi connectivity index (χ4n) is 5.98. The summed E-state index contributed by atoms with van der Waals surface area (Å²) < 4.78 is 0. The highest BCUT2D eigenvalue weighted by molar-refractivity contribution is 5.94. The number of rotatable bonds is 10. The van der Waals surface area contributed by atoms with Gasteiger partial charge in [-0.25, -0.2) is 5.43 Å². The monoisotopic (exact) mass is 621 g/mol. The normalized spacial score (nSPS) is 25.2. The van der Waals surface area contributed by atoms with E-state index in [-0.39, 0.29) is 11.8 Å². The molecule has 11 nitrogen and oxygen atoms in total. The van der Waals surface area contributed by atoms with Gasteiger partial charge >= 0.3 is 5.97 Å². The zero-order valence-corrected chi connectivity index (χ0v) is 26.9. The largest absolute Gasteiger partial charge is 0.480 e.